The molecule has 0 aliphatic carbocycles. The minimum Gasteiger partial charge on any atom is -0.391 e. The summed E-state index contributed by atoms with van der Waals surface area (Å²) in [5.41, 5.74) is 1.74. The van der Waals surface area contributed by atoms with Gasteiger partial charge in [0.1, 0.15) is 0 Å². The maximum atomic E-state index is 5.40. The fourth-order valence-electron chi connectivity index (χ4n) is 0.679. The van der Waals surface area contributed by atoms with E-state index < -0.39 is 9.28 Å². The molecule has 4 nitrogen and oxygen atoms in total. The van der Waals surface area contributed by atoms with Gasteiger partial charge in [-0.2, -0.15) is 0 Å². The van der Waals surface area contributed by atoms with Crippen LogP contribution in [0.15, 0.2) is 12.3 Å². The molecule has 0 aliphatic rings. The highest BCUT2D eigenvalue weighted by atomic mass is 28.3. The van der Waals surface area contributed by atoms with E-state index in [9.17, 15) is 0 Å². The zero-order valence-electron chi connectivity index (χ0n) is 8.32. The Morgan fingerprint density at radius 1 is 1.00 bits per heavy atom. The van der Waals surface area contributed by atoms with Crippen molar-refractivity contribution in [3.8, 4) is 0 Å². The maximum Gasteiger partial charge on any atom is 0.347 e. The summed E-state index contributed by atoms with van der Waals surface area (Å²) in [7, 11) is 1.60. The Labute approximate surface area is 81.3 Å². The number of hydrogen-bond donors (Lipinski definition) is 0. The van der Waals surface area contributed by atoms with E-state index >= 15 is 0 Å². The van der Waals surface area contributed by atoms with Crippen molar-refractivity contribution in [1.29, 1.82) is 0 Å². The molecule has 0 atom stereocenters. The molecule has 0 heterocycles. The highest BCUT2D eigenvalue weighted by molar-refractivity contribution is 6.50. The van der Waals surface area contributed by atoms with Gasteiger partial charge in [-0.25, -0.2) is 0 Å². The molecule has 0 aromatic carbocycles. The first-order valence-electron chi connectivity index (χ1n) is 4.18. The third kappa shape index (κ3) is 8.14. The molecular formula is C8H18O4Si. The summed E-state index contributed by atoms with van der Waals surface area (Å²) in [6, 6.07) is 0. The summed E-state index contributed by atoms with van der Waals surface area (Å²) in [4.78, 5) is 0. The summed E-state index contributed by atoms with van der Waals surface area (Å²) in [5, 5.41) is 0. The molecule has 0 saturated carbocycles. The van der Waals surface area contributed by atoms with Gasteiger partial charge in [0.15, 0.2) is 0 Å². The molecule has 0 aromatic heterocycles. The second-order valence-electron chi connectivity index (χ2n) is 2.33. The molecule has 0 radical (unpaired) electrons. The van der Waals surface area contributed by atoms with Crippen molar-refractivity contribution in [2.24, 2.45) is 0 Å². The Bertz CT molecular complexity index is 111. The molecule has 0 unspecified atom stereocenters. The van der Waals surface area contributed by atoms with Crippen LogP contribution < -0.4 is 0 Å². The Morgan fingerprint density at radius 2 is 1.46 bits per heavy atom. The van der Waals surface area contributed by atoms with Crippen molar-refractivity contribution in [2.45, 2.75) is 0 Å². The summed E-state index contributed by atoms with van der Waals surface area (Å²) >= 11 is 0. The fraction of sp³-hybridized carbons (Fsp3) is 0.750. The zero-order valence-corrected chi connectivity index (χ0v) is 9.48. The first-order chi connectivity index (χ1) is 6.35. The van der Waals surface area contributed by atoms with E-state index in [1.807, 2.05) is 0 Å². The van der Waals surface area contributed by atoms with Gasteiger partial charge < -0.3 is 18.3 Å². The van der Waals surface area contributed by atoms with Crippen LogP contribution in [-0.2, 0) is 18.3 Å². The number of hydrogen-bond acceptors (Lipinski definition) is 4. The lowest BCUT2D eigenvalue weighted by Gasteiger charge is -2.12. The molecule has 0 aliphatic heterocycles. The molecule has 13 heavy (non-hydrogen) atoms. The highest BCUT2D eigenvalue weighted by Crippen LogP contribution is 1.91. The van der Waals surface area contributed by atoms with Gasteiger partial charge in [-0.3, -0.25) is 0 Å². The molecule has 0 saturated heterocycles. The Balaban J connectivity index is 3.34. The topological polar surface area (TPSA) is 36.9 Å². The van der Waals surface area contributed by atoms with Crippen LogP contribution in [-0.4, -0.2) is 49.9 Å². The van der Waals surface area contributed by atoms with Crippen LogP contribution in [0, 0.1) is 0 Å². The van der Waals surface area contributed by atoms with Crippen molar-refractivity contribution >= 4 is 9.28 Å². The Hall–Kier alpha value is -0.203. The van der Waals surface area contributed by atoms with Gasteiger partial charge in [0.05, 0.1) is 26.4 Å². The van der Waals surface area contributed by atoms with Crippen molar-refractivity contribution < 1.29 is 18.3 Å². The molecule has 5 heteroatoms. The number of rotatable bonds is 9. The lowest BCUT2D eigenvalue weighted by molar-refractivity contribution is 0.104. The van der Waals surface area contributed by atoms with E-state index in [0.29, 0.717) is 26.4 Å². The van der Waals surface area contributed by atoms with Crippen molar-refractivity contribution in [3.05, 3.63) is 12.3 Å². The number of ether oxygens (including phenoxy) is 2. The van der Waals surface area contributed by atoms with E-state index in [1.165, 1.54) is 0 Å². The quantitative estimate of drug-likeness (QED) is 0.400. The first kappa shape index (κ1) is 12.8. The van der Waals surface area contributed by atoms with Crippen LogP contribution in [0.4, 0.5) is 0 Å². The van der Waals surface area contributed by atoms with Gasteiger partial charge in [-0.05, 0) is 0 Å². The third-order valence-corrected chi connectivity index (χ3v) is 2.84. The smallest absolute Gasteiger partial charge is 0.347 e. The average molecular weight is 206 g/mol. The predicted molar refractivity (Wildman–Crippen MR) is 53.0 cm³/mol. The maximum absolute atomic E-state index is 5.40. The molecular weight excluding hydrogens is 188 g/mol. The molecule has 0 amide bonds. The molecule has 0 bridgehead atoms. The second-order valence-corrected chi connectivity index (χ2v) is 4.21. The minimum absolute atomic E-state index is 0.562. The van der Waals surface area contributed by atoms with Crippen LogP contribution in [0.1, 0.15) is 0 Å². The lowest BCUT2D eigenvalue weighted by Crippen LogP contribution is -2.24. The zero-order chi connectivity index (χ0) is 9.94. The summed E-state index contributed by atoms with van der Waals surface area (Å²) < 4.78 is 20.5. The first-order valence-corrected chi connectivity index (χ1v) is 5.79. The van der Waals surface area contributed by atoms with E-state index in [-0.39, 0.29) is 0 Å². The standard InChI is InChI=1S/C8H18O4Si/c1-4-13(11-7-5-9-2)12-8-6-10-3/h4,13H,1,5-8H2,2-3H3. The van der Waals surface area contributed by atoms with Crippen LogP contribution in [0.5, 0.6) is 0 Å². The summed E-state index contributed by atoms with van der Waals surface area (Å²) in [6.45, 7) is 5.95. The van der Waals surface area contributed by atoms with Gasteiger partial charge in [-0.1, -0.05) is 5.70 Å². The van der Waals surface area contributed by atoms with Crippen LogP contribution in [0.25, 0.3) is 0 Å². The van der Waals surface area contributed by atoms with Gasteiger partial charge in [-0.15, -0.1) is 6.58 Å². The largest absolute Gasteiger partial charge is 0.391 e. The molecule has 78 valence electrons. The van der Waals surface area contributed by atoms with E-state index in [0.717, 1.165) is 0 Å². The fourth-order valence-corrected chi connectivity index (χ4v) is 1.70. The molecule has 0 spiro atoms. The van der Waals surface area contributed by atoms with Crippen molar-refractivity contribution in [1.82, 2.24) is 0 Å². The number of methoxy groups -OCH3 is 2. The Morgan fingerprint density at radius 3 is 1.77 bits per heavy atom. The lowest BCUT2D eigenvalue weighted by atomic mass is 10.8. The van der Waals surface area contributed by atoms with Crippen molar-refractivity contribution in [3.63, 3.8) is 0 Å². The molecule has 0 fully saturated rings. The normalized spacial score (nSPS) is 10.7. The average Bonchev–Trinajstić information content (AvgIpc) is 2.16. The van der Waals surface area contributed by atoms with Gasteiger partial charge >= 0.3 is 9.28 Å². The van der Waals surface area contributed by atoms with Crippen LogP contribution in [0.2, 0.25) is 0 Å². The monoisotopic (exact) mass is 206 g/mol. The van der Waals surface area contributed by atoms with E-state index in [1.54, 1.807) is 19.9 Å². The second kappa shape index (κ2) is 9.88. The predicted octanol–water partition coefficient (Wildman–Crippen LogP) is 0.258. The van der Waals surface area contributed by atoms with Gasteiger partial charge in [0, 0.05) is 14.2 Å². The molecule has 0 N–H and O–H groups in total. The van der Waals surface area contributed by atoms with Gasteiger partial charge in [0.25, 0.3) is 0 Å². The minimum atomic E-state index is -1.67. The van der Waals surface area contributed by atoms with Crippen molar-refractivity contribution in [2.75, 3.05) is 40.6 Å². The Kier molecular flexibility index (Phi) is 9.73. The van der Waals surface area contributed by atoms with Gasteiger partial charge in [0.2, 0.25) is 0 Å². The van der Waals surface area contributed by atoms with E-state index in [4.69, 9.17) is 18.3 Å². The third-order valence-electron chi connectivity index (χ3n) is 1.33. The van der Waals surface area contributed by atoms with Crippen LogP contribution in [0.3, 0.4) is 0 Å². The summed E-state index contributed by atoms with van der Waals surface area (Å²) in [6.07, 6.45) is 0. The SMILES string of the molecule is C=C[SiH](OCCOC)OCCOC. The van der Waals surface area contributed by atoms with E-state index in [2.05, 4.69) is 6.58 Å². The molecule has 0 rings (SSSR count). The summed E-state index contributed by atoms with van der Waals surface area (Å²) in [5.74, 6) is 0. The molecule has 0 aromatic rings. The van der Waals surface area contributed by atoms with Crippen LogP contribution >= 0.6 is 0 Å². The highest BCUT2D eigenvalue weighted by Gasteiger charge is 2.07.